The Bertz CT molecular complexity index is 435. The normalized spacial score (nSPS) is 23.1. The summed E-state index contributed by atoms with van der Waals surface area (Å²) in [4.78, 5) is 2.51. The molecule has 2 aliphatic rings. The Morgan fingerprint density at radius 3 is 2.57 bits per heavy atom. The number of rotatable bonds is 3. The minimum absolute atomic E-state index is 0.161. The molecule has 0 saturated carbocycles. The Morgan fingerprint density at radius 2 is 1.90 bits per heavy atom. The summed E-state index contributed by atoms with van der Waals surface area (Å²) in [5.41, 5.74) is 1.09. The number of nitrogens with one attached hydrogen (secondary N) is 1. The van der Waals surface area contributed by atoms with Crippen molar-refractivity contribution < 1.29 is 9.13 Å². The van der Waals surface area contributed by atoms with Crippen molar-refractivity contribution >= 4 is 15.9 Å². The third-order valence-electron chi connectivity index (χ3n) is 4.48. The van der Waals surface area contributed by atoms with Gasteiger partial charge in [-0.15, -0.1) is 0 Å². The van der Waals surface area contributed by atoms with E-state index in [4.69, 9.17) is 4.74 Å². The number of halogens is 2. The zero-order chi connectivity index (χ0) is 14.7. The Labute approximate surface area is 134 Å². The third-order valence-corrected chi connectivity index (χ3v) is 4.94. The molecule has 0 aromatic heterocycles. The van der Waals surface area contributed by atoms with E-state index in [0.29, 0.717) is 12.0 Å². The minimum Gasteiger partial charge on any atom is -0.381 e. The monoisotopic (exact) mass is 356 g/mol. The summed E-state index contributed by atoms with van der Waals surface area (Å²) >= 11 is 3.43. The standard InChI is InChI=1S/C16H22BrFN2O/c17-14-9-13(10-15(18)11-14)16(12-1-7-21-8-2-12)20-5-3-19-4-6-20/h9-12,16,19H,1-8H2/t16-/m0/s1. The van der Waals surface area contributed by atoms with E-state index in [0.717, 1.165) is 62.3 Å². The third kappa shape index (κ3) is 3.83. The number of hydrogen-bond acceptors (Lipinski definition) is 3. The number of benzene rings is 1. The SMILES string of the molecule is Fc1cc(Br)cc([C@H](C2CCOCC2)N2CCNCC2)c1. The van der Waals surface area contributed by atoms with Gasteiger partial charge >= 0.3 is 0 Å². The molecule has 0 radical (unpaired) electrons. The first kappa shape index (κ1) is 15.4. The number of nitrogens with zero attached hydrogens (tertiary/aromatic N) is 1. The van der Waals surface area contributed by atoms with Gasteiger partial charge in [-0.1, -0.05) is 15.9 Å². The second-order valence-electron chi connectivity index (χ2n) is 5.88. The molecule has 21 heavy (non-hydrogen) atoms. The maximum absolute atomic E-state index is 13.8. The van der Waals surface area contributed by atoms with Crippen LogP contribution in [0.15, 0.2) is 22.7 Å². The van der Waals surface area contributed by atoms with Crippen molar-refractivity contribution in [2.45, 2.75) is 18.9 Å². The number of ether oxygens (including phenoxy) is 1. The first-order valence-corrected chi connectivity index (χ1v) is 8.52. The van der Waals surface area contributed by atoms with Crippen LogP contribution in [-0.2, 0) is 4.74 Å². The van der Waals surface area contributed by atoms with E-state index in [1.54, 1.807) is 6.07 Å². The van der Waals surface area contributed by atoms with Gasteiger partial charge in [0.25, 0.3) is 0 Å². The van der Waals surface area contributed by atoms with E-state index >= 15 is 0 Å². The molecule has 3 rings (SSSR count). The average molecular weight is 357 g/mol. The molecule has 2 heterocycles. The molecular weight excluding hydrogens is 335 g/mol. The molecule has 1 atom stereocenters. The van der Waals surface area contributed by atoms with Crippen molar-refractivity contribution in [1.29, 1.82) is 0 Å². The first-order chi connectivity index (χ1) is 10.2. The van der Waals surface area contributed by atoms with E-state index in [1.807, 2.05) is 0 Å². The fourth-order valence-corrected chi connectivity index (χ4v) is 4.00. The van der Waals surface area contributed by atoms with E-state index in [-0.39, 0.29) is 5.82 Å². The summed E-state index contributed by atoms with van der Waals surface area (Å²) in [6.45, 7) is 5.71. The highest BCUT2D eigenvalue weighted by atomic mass is 79.9. The van der Waals surface area contributed by atoms with Crippen LogP contribution >= 0.6 is 15.9 Å². The van der Waals surface area contributed by atoms with Crippen molar-refractivity contribution in [2.75, 3.05) is 39.4 Å². The van der Waals surface area contributed by atoms with Crippen LogP contribution in [0.25, 0.3) is 0 Å². The van der Waals surface area contributed by atoms with Crippen molar-refractivity contribution in [2.24, 2.45) is 5.92 Å². The molecular formula is C16H22BrFN2O. The second-order valence-corrected chi connectivity index (χ2v) is 6.80. The molecule has 0 unspecified atom stereocenters. The number of hydrogen-bond donors (Lipinski definition) is 1. The van der Waals surface area contributed by atoms with Crippen LogP contribution in [0.5, 0.6) is 0 Å². The predicted molar refractivity (Wildman–Crippen MR) is 84.8 cm³/mol. The van der Waals surface area contributed by atoms with E-state index in [9.17, 15) is 4.39 Å². The highest BCUT2D eigenvalue weighted by molar-refractivity contribution is 9.10. The molecule has 1 N–H and O–H groups in total. The van der Waals surface area contributed by atoms with Gasteiger partial charge < -0.3 is 10.1 Å². The molecule has 2 aliphatic heterocycles. The van der Waals surface area contributed by atoms with Crippen molar-refractivity contribution in [3.8, 4) is 0 Å². The summed E-state index contributed by atoms with van der Waals surface area (Å²) in [6.07, 6.45) is 2.12. The van der Waals surface area contributed by atoms with E-state index in [2.05, 4.69) is 32.2 Å². The van der Waals surface area contributed by atoms with Crippen LogP contribution in [-0.4, -0.2) is 44.3 Å². The summed E-state index contributed by atoms with van der Waals surface area (Å²) < 4.78 is 20.2. The lowest BCUT2D eigenvalue weighted by Gasteiger charge is -2.41. The van der Waals surface area contributed by atoms with Crippen LogP contribution in [0, 0.1) is 11.7 Å². The Hall–Kier alpha value is -0.490. The topological polar surface area (TPSA) is 24.5 Å². The molecule has 0 bridgehead atoms. The summed E-state index contributed by atoms with van der Waals surface area (Å²) in [7, 11) is 0. The quantitative estimate of drug-likeness (QED) is 0.900. The Balaban J connectivity index is 1.89. The maximum Gasteiger partial charge on any atom is 0.124 e. The van der Waals surface area contributed by atoms with Gasteiger partial charge in [0.1, 0.15) is 5.82 Å². The van der Waals surface area contributed by atoms with Gasteiger partial charge in [0, 0.05) is 49.9 Å². The van der Waals surface area contributed by atoms with Crippen molar-refractivity contribution in [3.63, 3.8) is 0 Å². The van der Waals surface area contributed by atoms with Gasteiger partial charge in [0.05, 0.1) is 0 Å². The van der Waals surface area contributed by atoms with E-state index < -0.39 is 0 Å². The second kappa shape index (κ2) is 7.18. The first-order valence-electron chi connectivity index (χ1n) is 7.72. The summed E-state index contributed by atoms with van der Waals surface area (Å²) in [5.74, 6) is 0.386. The van der Waals surface area contributed by atoms with Gasteiger partial charge in [-0.05, 0) is 42.5 Å². The maximum atomic E-state index is 13.8. The number of piperazine rings is 1. The average Bonchev–Trinajstić information content (AvgIpc) is 2.49. The van der Waals surface area contributed by atoms with Gasteiger partial charge in [-0.25, -0.2) is 4.39 Å². The van der Waals surface area contributed by atoms with Crippen LogP contribution in [0.3, 0.4) is 0 Å². The van der Waals surface area contributed by atoms with E-state index in [1.165, 1.54) is 6.07 Å². The largest absolute Gasteiger partial charge is 0.381 e. The van der Waals surface area contributed by atoms with Gasteiger partial charge in [0.2, 0.25) is 0 Å². The zero-order valence-corrected chi connectivity index (χ0v) is 13.7. The fraction of sp³-hybridized carbons (Fsp3) is 0.625. The smallest absolute Gasteiger partial charge is 0.124 e. The lowest BCUT2D eigenvalue weighted by atomic mass is 9.85. The Kier molecular flexibility index (Phi) is 5.27. The van der Waals surface area contributed by atoms with Gasteiger partial charge in [-0.2, -0.15) is 0 Å². The molecule has 0 aliphatic carbocycles. The lowest BCUT2D eigenvalue weighted by Crippen LogP contribution is -2.47. The van der Waals surface area contributed by atoms with Crippen molar-refractivity contribution in [1.82, 2.24) is 10.2 Å². The molecule has 3 nitrogen and oxygen atoms in total. The Morgan fingerprint density at radius 1 is 1.19 bits per heavy atom. The molecule has 116 valence electrons. The van der Waals surface area contributed by atoms with Crippen LogP contribution in [0.1, 0.15) is 24.4 Å². The molecule has 2 saturated heterocycles. The van der Waals surface area contributed by atoms with Crippen LogP contribution < -0.4 is 5.32 Å². The highest BCUT2D eigenvalue weighted by Crippen LogP contribution is 2.36. The lowest BCUT2D eigenvalue weighted by molar-refractivity contribution is 0.0212. The van der Waals surface area contributed by atoms with Crippen LogP contribution in [0.2, 0.25) is 0 Å². The molecule has 5 heteroatoms. The van der Waals surface area contributed by atoms with Gasteiger partial charge in [-0.3, -0.25) is 4.90 Å². The molecule has 2 fully saturated rings. The fourth-order valence-electron chi connectivity index (χ4n) is 3.52. The zero-order valence-electron chi connectivity index (χ0n) is 12.2. The van der Waals surface area contributed by atoms with Gasteiger partial charge in [0.15, 0.2) is 0 Å². The van der Waals surface area contributed by atoms with Crippen molar-refractivity contribution in [3.05, 3.63) is 34.1 Å². The van der Waals surface area contributed by atoms with Crippen LogP contribution in [0.4, 0.5) is 4.39 Å². The molecule has 0 amide bonds. The predicted octanol–water partition coefficient (Wildman–Crippen LogP) is 2.96. The minimum atomic E-state index is -0.161. The highest BCUT2D eigenvalue weighted by Gasteiger charge is 2.31. The summed E-state index contributed by atoms with van der Waals surface area (Å²) in [5, 5.41) is 3.40. The molecule has 1 aromatic rings. The summed E-state index contributed by atoms with van der Waals surface area (Å²) in [6, 6.07) is 5.60. The molecule has 0 spiro atoms. The molecule has 1 aromatic carbocycles.